The highest BCUT2D eigenvalue weighted by atomic mass is 32.2. The van der Waals surface area contributed by atoms with E-state index in [0.717, 1.165) is 11.1 Å². The summed E-state index contributed by atoms with van der Waals surface area (Å²) >= 11 is 0. The van der Waals surface area contributed by atoms with Crippen molar-refractivity contribution < 1.29 is 22.8 Å². The molecule has 3 amide bonds. The topological polar surface area (TPSA) is 133 Å². The van der Waals surface area contributed by atoms with E-state index in [0.29, 0.717) is 11.3 Å². The van der Waals surface area contributed by atoms with Gasteiger partial charge in [-0.3, -0.25) is 25.2 Å². The third-order valence-electron chi connectivity index (χ3n) is 4.14. The molecule has 2 aromatic rings. The zero-order chi connectivity index (χ0) is 22.5. The number of hydrogen-bond acceptors (Lipinski definition) is 5. The van der Waals surface area contributed by atoms with Gasteiger partial charge in [-0.25, -0.2) is 8.42 Å². The molecule has 0 spiro atoms. The zero-order valence-corrected chi connectivity index (χ0v) is 17.9. The minimum Gasteiger partial charge on any atom is -0.326 e. The summed E-state index contributed by atoms with van der Waals surface area (Å²) in [6.45, 7) is 6.36. The molecule has 30 heavy (non-hydrogen) atoms. The molecule has 0 bridgehead atoms. The fourth-order valence-electron chi connectivity index (χ4n) is 2.64. The molecule has 0 aliphatic carbocycles. The molecule has 2 aromatic carbocycles. The predicted octanol–water partition coefficient (Wildman–Crippen LogP) is 1.39. The highest BCUT2D eigenvalue weighted by Gasteiger charge is 2.22. The average Bonchev–Trinajstić information content (AvgIpc) is 2.65. The van der Waals surface area contributed by atoms with Crippen LogP contribution in [0.15, 0.2) is 47.4 Å². The van der Waals surface area contributed by atoms with Gasteiger partial charge in [-0.1, -0.05) is 17.7 Å². The summed E-state index contributed by atoms with van der Waals surface area (Å²) in [5, 5.41) is 2.53. The van der Waals surface area contributed by atoms with Gasteiger partial charge in [-0.05, 0) is 56.7 Å². The van der Waals surface area contributed by atoms with Gasteiger partial charge in [0.15, 0.2) is 0 Å². The highest BCUT2D eigenvalue weighted by molar-refractivity contribution is 7.89. The number of aryl methyl sites for hydroxylation is 2. The van der Waals surface area contributed by atoms with Gasteiger partial charge in [-0.2, -0.15) is 4.72 Å². The largest absolute Gasteiger partial charge is 0.326 e. The highest BCUT2D eigenvalue weighted by Crippen LogP contribution is 2.14. The predicted molar refractivity (Wildman–Crippen MR) is 112 cm³/mol. The molecule has 0 fully saturated rings. The molecule has 0 unspecified atom stereocenters. The number of hydrogen-bond donors (Lipinski definition) is 4. The lowest BCUT2D eigenvalue weighted by Crippen LogP contribution is -2.51. The van der Waals surface area contributed by atoms with Crippen LogP contribution in [0, 0.1) is 13.8 Å². The van der Waals surface area contributed by atoms with E-state index in [-0.39, 0.29) is 10.8 Å². The number of anilines is 1. The van der Waals surface area contributed by atoms with E-state index in [9.17, 15) is 22.8 Å². The van der Waals surface area contributed by atoms with E-state index in [1.165, 1.54) is 38.1 Å². The number of nitrogens with one attached hydrogen (secondary N) is 4. The van der Waals surface area contributed by atoms with Crippen molar-refractivity contribution in [2.75, 3.05) is 5.32 Å². The van der Waals surface area contributed by atoms with Crippen molar-refractivity contribution in [3.8, 4) is 0 Å². The van der Waals surface area contributed by atoms with Crippen LogP contribution in [0.25, 0.3) is 0 Å². The van der Waals surface area contributed by atoms with Crippen molar-refractivity contribution in [3.05, 3.63) is 59.2 Å². The first kappa shape index (κ1) is 23.0. The third-order valence-corrected chi connectivity index (χ3v) is 5.69. The number of amides is 3. The van der Waals surface area contributed by atoms with Crippen molar-refractivity contribution in [1.82, 2.24) is 15.6 Å². The zero-order valence-electron chi connectivity index (χ0n) is 17.1. The summed E-state index contributed by atoms with van der Waals surface area (Å²) in [7, 11) is -3.99. The molecule has 0 heterocycles. The molecule has 0 radical (unpaired) electrons. The van der Waals surface area contributed by atoms with E-state index in [4.69, 9.17) is 0 Å². The van der Waals surface area contributed by atoms with Crippen molar-refractivity contribution in [3.63, 3.8) is 0 Å². The molecule has 10 heteroatoms. The molecular formula is C20H24N4O5S. The summed E-state index contributed by atoms with van der Waals surface area (Å²) in [5.41, 5.74) is 7.08. The minimum atomic E-state index is -3.99. The Morgan fingerprint density at radius 2 is 1.57 bits per heavy atom. The Hall–Kier alpha value is -3.24. The molecule has 160 valence electrons. The van der Waals surface area contributed by atoms with Crippen LogP contribution >= 0.6 is 0 Å². The first-order chi connectivity index (χ1) is 14.0. The Labute approximate surface area is 175 Å². The fourth-order valence-corrected chi connectivity index (χ4v) is 3.84. The molecule has 2 rings (SSSR count). The molecule has 0 aliphatic heterocycles. The average molecular weight is 433 g/mol. The Morgan fingerprint density at radius 1 is 0.933 bits per heavy atom. The molecule has 9 nitrogen and oxygen atoms in total. The van der Waals surface area contributed by atoms with Crippen LogP contribution < -0.4 is 20.9 Å². The molecule has 0 saturated heterocycles. The van der Waals surface area contributed by atoms with Gasteiger partial charge in [0, 0.05) is 18.2 Å². The van der Waals surface area contributed by atoms with Crippen molar-refractivity contribution in [1.29, 1.82) is 0 Å². The van der Waals surface area contributed by atoms with Crippen molar-refractivity contribution in [2.24, 2.45) is 0 Å². The van der Waals surface area contributed by atoms with Crippen LogP contribution in [0.1, 0.15) is 35.3 Å². The lowest BCUT2D eigenvalue weighted by molar-refractivity contribution is -0.123. The van der Waals surface area contributed by atoms with Crippen LogP contribution in [0.4, 0.5) is 5.69 Å². The van der Waals surface area contributed by atoms with Crippen molar-refractivity contribution >= 4 is 33.4 Å². The molecule has 1 atom stereocenters. The second-order valence-corrected chi connectivity index (χ2v) is 8.52. The van der Waals surface area contributed by atoms with E-state index in [1.54, 1.807) is 19.1 Å². The number of carbonyl (C=O) groups excluding carboxylic acids is 3. The second kappa shape index (κ2) is 9.51. The maximum Gasteiger partial charge on any atom is 0.269 e. The minimum absolute atomic E-state index is 0.0735. The Balaban J connectivity index is 1.97. The molecule has 0 aromatic heterocycles. The summed E-state index contributed by atoms with van der Waals surface area (Å²) in [6, 6.07) is 9.59. The second-order valence-electron chi connectivity index (χ2n) is 6.81. The van der Waals surface area contributed by atoms with E-state index >= 15 is 0 Å². The monoisotopic (exact) mass is 432 g/mol. The maximum absolute atomic E-state index is 12.5. The Morgan fingerprint density at radius 3 is 2.13 bits per heavy atom. The third kappa shape index (κ3) is 6.13. The summed E-state index contributed by atoms with van der Waals surface area (Å²) in [5.74, 6) is -1.52. The smallest absolute Gasteiger partial charge is 0.269 e. The Kier molecular flexibility index (Phi) is 7.30. The van der Waals surface area contributed by atoms with E-state index < -0.39 is 27.9 Å². The van der Waals surface area contributed by atoms with Crippen LogP contribution in [0.5, 0.6) is 0 Å². The molecule has 0 saturated carbocycles. The van der Waals surface area contributed by atoms with Gasteiger partial charge in [0.2, 0.25) is 15.9 Å². The lowest BCUT2D eigenvalue weighted by atomic mass is 10.1. The summed E-state index contributed by atoms with van der Waals surface area (Å²) < 4.78 is 27.1. The quantitative estimate of drug-likeness (QED) is 0.512. The summed E-state index contributed by atoms with van der Waals surface area (Å²) in [4.78, 5) is 35.4. The number of hydrazine groups is 1. The standard InChI is InChI=1S/C20H24N4O5S/c1-12-5-10-18(13(2)11-12)20(27)23-22-19(26)14(3)24-30(28,29)17-8-6-16(7-9-17)21-15(4)25/h5-11,14,24H,1-4H3,(H,21,25)(H,22,26)(H,23,27)/t14-/m0/s1. The van der Waals surface area contributed by atoms with Crippen LogP contribution in [-0.4, -0.2) is 32.2 Å². The van der Waals surface area contributed by atoms with E-state index in [2.05, 4.69) is 20.9 Å². The summed E-state index contributed by atoms with van der Waals surface area (Å²) in [6.07, 6.45) is 0. The normalized spacial score (nSPS) is 12.0. The van der Waals surface area contributed by atoms with Gasteiger partial charge < -0.3 is 5.32 Å². The lowest BCUT2D eigenvalue weighted by Gasteiger charge is -2.15. The van der Waals surface area contributed by atoms with Gasteiger partial charge in [-0.15, -0.1) is 0 Å². The van der Waals surface area contributed by atoms with Gasteiger partial charge >= 0.3 is 0 Å². The maximum atomic E-state index is 12.5. The van der Waals surface area contributed by atoms with Crippen LogP contribution in [0.2, 0.25) is 0 Å². The number of carbonyl (C=O) groups is 3. The number of benzene rings is 2. The van der Waals surface area contributed by atoms with Gasteiger partial charge in [0.05, 0.1) is 10.9 Å². The number of rotatable bonds is 6. The van der Waals surface area contributed by atoms with Gasteiger partial charge in [0.1, 0.15) is 0 Å². The van der Waals surface area contributed by atoms with Crippen LogP contribution in [-0.2, 0) is 19.6 Å². The molecular weight excluding hydrogens is 408 g/mol. The number of sulfonamides is 1. The van der Waals surface area contributed by atoms with Crippen molar-refractivity contribution in [2.45, 2.75) is 38.6 Å². The van der Waals surface area contributed by atoms with Crippen LogP contribution in [0.3, 0.4) is 0 Å². The molecule has 0 aliphatic rings. The molecule has 4 N–H and O–H groups in total. The first-order valence-electron chi connectivity index (χ1n) is 9.07. The Bertz CT molecular complexity index is 1070. The van der Waals surface area contributed by atoms with E-state index in [1.807, 2.05) is 13.0 Å². The van der Waals surface area contributed by atoms with Gasteiger partial charge in [0.25, 0.3) is 11.8 Å². The SMILES string of the molecule is CC(=O)Nc1ccc(S(=O)(=O)N[C@@H](C)C(=O)NNC(=O)c2ccc(C)cc2C)cc1. The fraction of sp³-hybridized carbons (Fsp3) is 0.250. The first-order valence-corrected chi connectivity index (χ1v) is 10.6.